The van der Waals surface area contributed by atoms with E-state index in [9.17, 15) is 13.2 Å². The van der Waals surface area contributed by atoms with Crippen molar-refractivity contribution in [2.24, 2.45) is 17.8 Å². The largest absolute Gasteiger partial charge is 0.398 e. The van der Waals surface area contributed by atoms with Crippen LogP contribution in [-0.4, -0.2) is 52.3 Å². The molecule has 1 fully saturated rings. The van der Waals surface area contributed by atoms with Gasteiger partial charge in [-0.15, -0.1) is 0 Å². The molecular formula is C19H22F3N7. The van der Waals surface area contributed by atoms with Crippen molar-refractivity contribution in [1.82, 2.24) is 14.7 Å². The smallest absolute Gasteiger partial charge is 0.261 e. The summed E-state index contributed by atoms with van der Waals surface area (Å²) in [6.07, 6.45) is 5.50. The highest BCUT2D eigenvalue weighted by atomic mass is 19.3. The number of rotatable bonds is 6. The normalized spacial score (nSPS) is 17.3. The molecule has 0 radical (unpaired) electrons. The van der Waals surface area contributed by atoms with Crippen molar-refractivity contribution >= 4 is 17.7 Å². The fourth-order valence-corrected chi connectivity index (χ4v) is 3.20. The van der Waals surface area contributed by atoms with Crippen molar-refractivity contribution in [3.63, 3.8) is 0 Å². The van der Waals surface area contributed by atoms with E-state index in [0.717, 1.165) is 12.4 Å². The average molecular weight is 405 g/mol. The van der Waals surface area contributed by atoms with Crippen LogP contribution in [0.4, 0.5) is 18.9 Å². The van der Waals surface area contributed by atoms with Crippen LogP contribution in [0.3, 0.4) is 0 Å². The maximum absolute atomic E-state index is 14.4. The monoisotopic (exact) mass is 405 g/mol. The number of aliphatic imine (C=N–C) groups is 1. The fraction of sp³-hybridized carbons (Fsp3) is 0.316. The van der Waals surface area contributed by atoms with Gasteiger partial charge in [0.1, 0.15) is 5.82 Å². The Morgan fingerprint density at radius 3 is 2.76 bits per heavy atom. The van der Waals surface area contributed by atoms with Crippen LogP contribution in [0.25, 0.3) is 11.1 Å². The van der Waals surface area contributed by atoms with Crippen LogP contribution in [0.1, 0.15) is 12.0 Å². The van der Waals surface area contributed by atoms with E-state index in [-0.39, 0.29) is 54.3 Å². The van der Waals surface area contributed by atoms with E-state index in [1.165, 1.54) is 16.9 Å². The Kier molecular flexibility index (Phi) is 5.73. The Morgan fingerprint density at radius 1 is 1.41 bits per heavy atom. The first-order valence-electron chi connectivity index (χ1n) is 8.92. The molecule has 0 bridgehead atoms. The predicted molar refractivity (Wildman–Crippen MR) is 107 cm³/mol. The highest BCUT2D eigenvalue weighted by molar-refractivity contribution is 6.14. The van der Waals surface area contributed by atoms with Gasteiger partial charge in [0.05, 0.1) is 30.5 Å². The molecule has 3 rings (SSSR count). The summed E-state index contributed by atoms with van der Waals surface area (Å²) in [6, 6.07) is 2.59. The Hall–Kier alpha value is -3.14. The standard InChI is InChI=1S/C19H22F3N7/c1-28-9-12(8-27-28)13-6-14(16(24)7-15(13)20)18(25)17(26-11-23)2-4-29-5-3-19(21,22)10-29/h2,6-9,11,25H,3-5,10,24H2,1H3,(H2,23,26)/b17-2-,25-18?. The number of hydrogen-bond donors (Lipinski definition) is 3. The zero-order chi connectivity index (χ0) is 21.2. The summed E-state index contributed by atoms with van der Waals surface area (Å²) >= 11 is 0. The number of aromatic nitrogens is 2. The molecule has 10 heteroatoms. The van der Waals surface area contributed by atoms with Crippen molar-refractivity contribution in [3.8, 4) is 11.1 Å². The summed E-state index contributed by atoms with van der Waals surface area (Å²) < 4.78 is 42.7. The number of likely N-dealkylation sites (tertiary alicyclic amines) is 1. The number of halogens is 3. The number of alkyl halides is 2. The summed E-state index contributed by atoms with van der Waals surface area (Å²) in [5.41, 5.74) is 12.5. The van der Waals surface area contributed by atoms with E-state index in [0.29, 0.717) is 5.56 Å². The number of anilines is 1. The lowest BCUT2D eigenvalue weighted by Gasteiger charge is -2.15. The highest BCUT2D eigenvalue weighted by Crippen LogP contribution is 2.29. The first-order valence-corrected chi connectivity index (χ1v) is 8.92. The summed E-state index contributed by atoms with van der Waals surface area (Å²) in [4.78, 5) is 5.54. The van der Waals surface area contributed by atoms with Gasteiger partial charge in [-0.25, -0.2) is 18.2 Å². The number of allylic oxidation sites excluding steroid dienone is 1. The van der Waals surface area contributed by atoms with E-state index in [1.54, 1.807) is 24.2 Å². The molecule has 0 aliphatic carbocycles. The molecule has 7 nitrogen and oxygen atoms in total. The summed E-state index contributed by atoms with van der Waals surface area (Å²) in [6.45, 7) is 0.0851. The van der Waals surface area contributed by atoms with Crippen LogP contribution in [0, 0.1) is 11.2 Å². The van der Waals surface area contributed by atoms with Gasteiger partial charge in [0.15, 0.2) is 0 Å². The van der Waals surface area contributed by atoms with Crippen LogP contribution in [0.5, 0.6) is 0 Å². The van der Waals surface area contributed by atoms with Gasteiger partial charge in [0.25, 0.3) is 5.92 Å². The number of benzene rings is 1. The molecule has 2 aromatic rings. The molecule has 1 aliphatic heterocycles. The molecule has 1 saturated heterocycles. The second-order valence-electron chi connectivity index (χ2n) is 6.91. The molecule has 0 saturated carbocycles. The Labute approximate surface area is 166 Å². The first-order chi connectivity index (χ1) is 13.7. The van der Waals surface area contributed by atoms with Gasteiger partial charge >= 0.3 is 0 Å². The lowest BCUT2D eigenvalue weighted by molar-refractivity contribution is 0.0133. The third-order valence-electron chi connectivity index (χ3n) is 4.69. The summed E-state index contributed by atoms with van der Waals surface area (Å²) in [5, 5.41) is 12.5. The van der Waals surface area contributed by atoms with Crippen LogP contribution < -0.4 is 11.5 Å². The van der Waals surface area contributed by atoms with Crippen molar-refractivity contribution < 1.29 is 13.2 Å². The lowest BCUT2D eigenvalue weighted by atomic mass is 9.99. The maximum Gasteiger partial charge on any atom is 0.261 e. The van der Waals surface area contributed by atoms with E-state index in [4.69, 9.17) is 16.9 Å². The quantitative estimate of drug-likeness (QED) is 0.389. The van der Waals surface area contributed by atoms with E-state index >= 15 is 0 Å². The van der Waals surface area contributed by atoms with Crippen LogP contribution in [0.15, 0.2) is 41.3 Å². The molecule has 1 aromatic carbocycles. The number of nitrogens with one attached hydrogen (secondary N) is 1. The molecule has 5 N–H and O–H groups in total. The van der Waals surface area contributed by atoms with E-state index in [2.05, 4.69) is 10.1 Å². The molecule has 0 amide bonds. The third kappa shape index (κ3) is 4.65. The minimum Gasteiger partial charge on any atom is -0.398 e. The molecule has 1 aromatic heterocycles. The summed E-state index contributed by atoms with van der Waals surface area (Å²) in [7, 11) is 1.71. The molecule has 2 heterocycles. The van der Waals surface area contributed by atoms with Crippen LogP contribution in [0.2, 0.25) is 0 Å². The lowest BCUT2D eigenvalue weighted by Crippen LogP contribution is -2.25. The van der Waals surface area contributed by atoms with Gasteiger partial charge < -0.3 is 11.5 Å². The number of nitrogens with two attached hydrogens (primary N) is 2. The molecule has 0 atom stereocenters. The number of nitrogens with zero attached hydrogens (tertiary/aromatic N) is 4. The Balaban J connectivity index is 1.91. The SMILES string of the molecule is Cn1cc(-c2cc(C(=N)C(=C/CN3CCC(F)(F)C3)/N=C\N)c(N)cc2F)cn1. The molecule has 29 heavy (non-hydrogen) atoms. The fourth-order valence-electron chi connectivity index (χ4n) is 3.20. The zero-order valence-electron chi connectivity index (χ0n) is 15.9. The van der Waals surface area contributed by atoms with E-state index < -0.39 is 11.7 Å². The third-order valence-corrected chi connectivity index (χ3v) is 4.69. The zero-order valence-corrected chi connectivity index (χ0v) is 15.9. The van der Waals surface area contributed by atoms with Crippen molar-refractivity contribution in [2.75, 3.05) is 25.4 Å². The maximum atomic E-state index is 14.4. The van der Waals surface area contributed by atoms with Crippen LogP contribution in [-0.2, 0) is 7.05 Å². The van der Waals surface area contributed by atoms with Crippen molar-refractivity contribution in [1.29, 1.82) is 5.41 Å². The van der Waals surface area contributed by atoms with Gasteiger partial charge in [-0.05, 0) is 18.2 Å². The van der Waals surface area contributed by atoms with Crippen LogP contribution >= 0.6 is 0 Å². The van der Waals surface area contributed by atoms with Gasteiger partial charge in [-0.2, -0.15) is 5.10 Å². The first kappa shape index (κ1) is 20.6. The second-order valence-corrected chi connectivity index (χ2v) is 6.91. The Bertz CT molecular complexity index is 978. The van der Waals surface area contributed by atoms with E-state index in [1.807, 2.05) is 0 Å². The molecule has 0 spiro atoms. The molecule has 154 valence electrons. The Morgan fingerprint density at radius 2 is 2.17 bits per heavy atom. The predicted octanol–water partition coefficient (Wildman–Crippen LogP) is 2.39. The van der Waals surface area contributed by atoms with Crippen molar-refractivity contribution in [2.45, 2.75) is 12.3 Å². The topological polar surface area (TPSA) is 109 Å². The minimum atomic E-state index is -2.71. The minimum absolute atomic E-state index is 0.0611. The molecular weight excluding hydrogens is 383 g/mol. The van der Waals surface area contributed by atoms with Gasteiger partial charge in [0.2, 0.25) is 0 Å². The average Bonchev–Trinajstić information content (AvgIpc) is 3.23. The number of aryl methyl sites for hydroxylation is 1. The van der Waals surface area contributed by atoms with Gasteiger partial charge in [0, 0.05) is 55.1 Å². The van der Waals surface area contributed by atoms with Gasteiger partial charge in [-0.3, -0.25) is 15.0 Å². The number of hydrogen-bond acceptors (Lipinski definition) is 5. The summed E-state index contributed by atoms with van der Waals surface area (Å²) in [5.74, 6) is -3.25. The van der Waals surface area contributed by atoms with Crippen molar-refractivity contribution in [3.05, 3.63) is 47.7 Å². The molecule has 1 aliphatic rings. The molecule has 0 unspecified atom stereocenters. The van der Waals surface area contributed by atoms with Gasteiger partial charge in [-0.1, -0.05) is 0 Å². The highest BCUT2D eigenvalue weighted by Gasteiger charge is 2.37. The number of nitrogen functional groups attached to an aromatic ring is 1. The second kappa shape index (κ2) is 8.08.